The molecular weight excluding hydrogens is 252 g/mol. The van der Waals surface area contributed by atoms with Crippen LogP contribution >= 0.6 is 0 Å². The number of rotatable bonds is 2. The third-order valence-electron chi connectivity index (χ3n) is 3.18. The van der Waals surface area contributed by atoms with Crippen molar-refractivity contribution in [1.29, 1.82) is 0 Å². The average molecular weight is 266 g/mol. The highest BCUT2D eigenvalue weighted by molar-refractivity contribution is 7.85. The van der Waals surface area contributed by atoms with Gasteiger partial charge >= 0.3 is 0 Å². The Kier molecular flexibility index (Phi) is 3.18. The highest BCUT2D eigenvalue weighted by Gasteiger charge is 2.10. The predicted octanol–water partition coefficient (Wildman–Crippen LogP) is 4.31. The summed E-state index contributed by atoms with van der Waals surface area (Å²) in [5.74, 6) is 0. The summed E-state index contributed by atoms with van der Waals surface area (Å²) >= 11 is 0. The molecule has 0 heterocycles. The molecule has 0 N–H and O–H groups in total. The average Bonchev–Trinajstić information content (AvgIpc) is 2.47. The quantitative estimate of drug-likeness (QED) is 0.675. The zero-order chi connectivity index (χ0) is 13.2. The van der Waals surface area contributed by atoms with Gasteiger partial charge in [0.25, 0.3) is 0 Å². The molecule has 0 saturated carbocycles. The SMILES string of the molecule is Cc1ccc(S(=O)c2cccc3ccccc23)cc1. The van der Waals surface area contributed by atoms with Gasteiger partial charge in [0, 0.05) is 4.90 Å². The lowest BCUT2D eigenvalue weighted by atomic mass is 10.1. The van der Waals surface area contributed by atoms with Crippen LogP contribution in [0.25, 0.3) is 10.8 Å². The fourth-order valence-corrected chi connectivity index (χ4v) is 3.37. The van der Waals surface area contributed by atoms with Gasteiger partial charge in [0.15, 0.2) is 0 Å². The normalized spacial score (nSPS) is 12.5. The van der Waals surface area contributed by atoms with Crippen LogP contribution in [-0.4, -0.2) is 4.21 Å². The van der Waals surface area contributed by atoms with E-state index in [1.165, 1.54) is 5.56 Å². The van der Waals surface area contributed by atoms with Crippen molar-refractivity contribution in [1.82, 2.24) is 0 Å². The molecule has 0 aliphatic carbocycles. The summed E-state index contributed by atoms with van der Waals surface area (Å²) in [4.78, 5) is 1.73. The Morgan fingerprint density at radius 2 is 1.47 bits per heavy atom. The molecule has 19 heavy (non-hydrogen) atoms. The highest BCUT2D eigenvalue weighted by Crippen LogP contribution is 2.25. The molecule has 3 aromatic carbocycles. The molecule has 0 bridgehead atoms. The van der Waals surface area contributed by atoms with Crippen molar-refractivity contribution in [3.63, 3.8) is 0 Å². The smallest absolute Gasteiger partial charge is 0.0855 e. The zero-order valence-corrected chi connectivity index (χ0v) is 11.5. The van der Waals surface area contributed by atoms with Gasteiger partial charge in [-0.1, -0.05) is 54.1 Å². The molecule has 0 amide bonds. The molecule has 0 aliphatic heterocycles. The van der Waals surface area contributed by atoms with Crippen molar-refractivity contribution < 1.29 is 4.21 Å². The first-order valence-electron chi connectivity index (χ1n) is 6.22. The van der Waals surface area contributed by atoms with Crippen LogP contribution in [0.4, 0.5) is 0 Å². The first kappa shape index (κ1) is 12.1. The molecule has 0 aliphatic rings. The monoisotopic (exact) mass is 266 g/mol. The fraction of sp³-hybridized carbons (Fsp3) is 0.0588. The second-order valence-corrected chi connectivity index (χ2v) is 6.01. The van der Waals surface area contributed by atoms with Crippen molar-refractivity contribution in [2.24, 2.45) is 0 Å². The number of hydrogen-bond donors (Lipinski definition) is 0. The summed E-state index contributed by atoms with van der Waals surface area (Å²) < 4.78 is 12.7. The first-order valence-corrected chi connectivity index (χ1v) is 7.37. The van der Waals surface area contributed by atoms with Crippen LogP contribution in [0.15, 0.2) is 76.5 Å². The molecule has 0 radical (unpaired) electrons. The molecule has 1 unspecified atom stereocenters. The Bertz CT molecular complexity index is 739. The number of benzene rings is 3. The van der Waals surface area contributed by atoms with Crippen molar-refractivity contribution >= 4 is 21.6 Å². The maximum atomic E-state index is 12.7. The van der Waals surface area contributed by atoms with E-state index in [1.807, 2.05) is 73.7 Å². The second-order valence-electron chi connectivity index (χ2n) is 4.56. The Balaban J connectivity index is 2.14. The Hall–Kier alpha value is -1.93. The fourth-order valence-electron chi connectivity index (χ4n) is 2.15. The van der Waals surface area contributed by atoms with Crippen LogP contribution in [0.1, 0.15) is 5.56 Å². The topological polar surface area (TPSA) is 17.1 Å². The van der Waals surface area contributed by atoms with E-state index >= 15 is 0 Å². The lowest BCUT2D eigenvalue weighted by molar-refractivity contribution is 0.683. The standard InChI is InChI=1S/C17H14OS/c1-13-9-11-15(12-10-13)19(18)17-8-4-6-14-5-2-3-7-16(14)17/h2-12H,1H3. The molecule has 0 saturated heterocycles. The molecule has 94 valence electrons. The molecular formula is C17H14OS. The number of aryl methyl sites for hydroxylation is 1. The highest BCUT2D eigenvalue weighted by atomic mass is 32.2. The third-order valence-corrected chi connectivity index (χ3v) is 4.64. The lowest BCUT2D eigenvalue weighted by Gasteiger charge is -2.07. The summed E-state index contributed by atoms with van der Waals surface area (Å²) in [6.07, 6.45) is 0. The largest absolute Gasteiger partial charge is 0.249 e. The Morgan fingerprint density at radius 1 is 0.789 bits per heavy atom. The van der Waals surface area contributed by atoms with Crippen molar-refractivity contribution in [3.05, 3.63) is 72.3 Å². The van der Waals surface area contributed by atoms with Gasteiger partial charge in [-0.3, -0.25) is 0 Å². The molecule has 0 fully saturated rings. The molecule has 3 aromatic rings. The Labute approximate surface area is 115 Å². The predicted molar refractivity (Wildman–Crippen MR) is 79.8 cm³/mol. The van der Waals surface area contributed by atoms with Crippen molar-refractivity contribution in [2.45, 2.75) is 16.7 Å². The molecule has 3 rings (SSSR count). The van der Waals surface area contributed by atoms with Gasteiger partial charge < -0.3 is 0 Å². The van der Waals surface area contributed by atoms with E-state index in [9.17, 15) is 4.21 Å². The molecule has 1 atom stereocenters. The van der Waals surface area contributed by atoms with Gasteiger partial charge in [0.05, 0.1) is 15.7 Å². The number of fused-ring (bicyclic) bond motifs is 1. The van der Waals surface area contributed by atoms with Gasteiger partial charge in [-0.15, -0.1) is 0 Å². The molecule has 0 aromatic heterocycles. The van der Waals surface area contributed by atoms with Gasteiger partial charge in [0.1, 0.15) is 0 Å². The minimum absolute atomic E-state index is 0.849. The van der Waals surface area contributed by atoms with E-state index in [4.69, 9.17) is 0 Å². The molecule has 0 spiro atoms. The Morgan fingerprint density at radius 3 is 2.26 bits per heavy atom. The van der Waals surface area contributed by atoms with Crippen molar-refractivity contribution in [2.75, 3.05) is 0 Å². The van der Waals surface area contributed by atoms with Crippen LogP contribution in [0.3, 0.4) is 0 Å². The third kappa shape index (κ3) is 2.32. The van der Waals surface area contributed by atoms with Crippen LogP contribution in [-0.2, 0) is 10.8 Å². The summed E-state index contributed by atoms with van der Waals surface area (Å²) in [7, 11) is -1.13. The van der Waals surface area contributed by atoms with E-state index in [-0.39, 0.29) is 0 Å². The van der Waals surface area contributed by atoms with E-state index < -0.39 is 10.8 Å². The maximum Gasteiger partial charge on any atom is 0.0855 e. The first-order chi connectivity index (χ1) is 9.25. The van der Waals surface area contributed by atoms with E-state index in [2.05, 4.69) is 0 Å². The maximum absolute atomic E-state index is 12.7. The van der Waals surface area contributed by atoms with Crippen LogP contribution in [0.2, 0.25) is 0 Å². The summed E-state index contributed by atoms with van der Waals surface area (Å²) in [6, 6.07) is 21.9. The van der Waals surface area contributed by atoms with E-state index in [1.54, 1.807) is 0 Å². The van der Waals surface area contributed by atoms with Crippen molar-refractivity contribution in [3.8, 4) is 0 Å². The van der Waals surface area contributed by atoms with Gasteiger partial charge in [-0.05, 0) is 35.9 Å². The van der Waals surface area contributed by atoms with E-state index in [0.717, 1.165) is 20.6 Å². The summed E-state index contributed by atoms with van der Waals surface area (Å²) in [5.41, 5.74) is 1.18. The van der Waals surface area contributed by atoms with Gasteiger partial charge in [-0.25, -0.2) is 4.21 Å². The summed E-state index contributed by atoms with van der Waals surface area (Å²) in [5, 5.41) is 2.18. The van der Waals surface area contributed by atoms with Crippen LogP contribution in [0, 0.1) is 6.92 Å². The second kappa shape index (κ2) is 4.98. The zero-order valence-electron chi connectivity index (χ0n) is 10.7. The van der Waals surface area contributed by atoms with E-state index in [0.29, 0.717) is 0 Å². The van der Waals surface area contributed by atoms with Crippen LogP contribution < -0.4 is 0 Å². The minimum Gasteiger partial charge on any atom is -0.249 e. The number of hydrogen-bond acceptors (Lipinski definition) is 1. The molecule has 1 nitrogen and oxygen atoms in total. The molecule has 2 heteroatoms. The van der Waals surface area contributed by atoms with Gasteiger partial charge in [-0.2, -0.15) is 0 Å². The van der Waals surface area contributed by atoms with Gasteiger partial charge in [0.2, 0.25) is 0 Å². The van der Waals surface area contributed by atoms with Crippen LogP contribution in [0.5, 0.6) is 0 Å². The summed E-state index contributed by atoms with van der Waals surface area (Å²) in [6.45, 7) is 2.03. The minimum atomic E-state index is -1.13. The lowest BCUT2D eigenvalue weighted by Crippen LogP contribution is -1.94.